The fourth-order valence-corrected chi connectivity index (χ4v) is 1.65. The smallest absolute Gasteiger partial charge is 0.0618 e. The SMILES string of the molecule is CCC(CNC(COC)C(C)C)N(C)C. The monoisotopic (exact) mass is 216 g/mol. The van der Waals surface area contributed by atoms with Crippen LogP contribution in [0.2, 0.25) is 0 Å². The van der Waals surface area contributed by atoms with Gasteiger partial charge in [0.2, 0.25) is 0 Å². The summed E-state index contributed by atoms with van der Waals surface area (Å²) >= 11 is 0. The summed E-state index contributed by atoms with van der Waals surface area (Å²) in [7, 11) is 6.04. The van der Waals surface area contributed by atoms with Crippen LogP contribution in [-0.2, 0) is 4.74 Å². The third-order valence-electron chi connectivity index (χ3n) is 2.97. The predicted molar refractivity (Wildman–Crippen MR) is 66.3 cm³/mol. The highest BCUT2D eigenvalue weighted by molar-refractivity contribution is 4.74. The topological polar surface area (TPSA) is 24.5 Å². The number of rotatable bonds is 8. The van der Waals surface area contributed by atoms with Gasteiger partial charge in [-0.3, -0.25) is 0 Å². The van der Waals surface area contributed by atoms with Gasteiger partial charge < -0.3 is 15.0 Å². The molecule has 0 saturated carbocycles. The van der Waals surface area contributed by atoms with Gasteiger partial charge in [-0.2, -0.15) is 0 Å². The molecular formula is C12H28N2O. The molecule has 0 aliphatic carbocycles. The number of nitrogens with zero attached hydrogens (tertiary/aromatic N) is 1. The van der Waals surface area contributed by atoms with Crippen molar-refractivity contribution in [1.29, 1.82) is 0 Å². The molecule has 0 aliphatic rings. The summed E-state index contributed by atoms with van der Waals surface area (Å²) in [6.45, 7) is 8.52. The maximum atomic E-state index is 5.22. The quantitative estimate of drug-likeness (QED) is 0.667. The van der Waals surface area contributed by atoms with Gasteiger partial charge >= 0.3 is 0 Å². The lowest BCUT2D eigenvalue weighted by Gasteiger charge is -2.28. The summed E-state index contributed by atoms with van der Waals surface area (Å²) in [5, 5.41) is 3.59. The molecule has 2 atom stereocenters. The van der Waals surface area contributed by atoms with E-state index in [9.17, 15) is 0 Å². The van der Waals surface area contributed by atoms with Crippen LogP contribution in [0.3, 0.4) is 0 Å². The zero-order valence-electron chi connectivity index (χ0n) is 11.2. The number of hydrogen-bond donors (Lipinski definition) is 1. The molecule has 0 aromatic carbocycles. The third-order valence-corrected chi connectivity index (χ3v) is 2.97. The molecule has 3 heteroatoms. The molecule has 0 spiro atoms. The highest BCUT2D eigenvalue weighted by Crippen LogP contribution is 2.04. The summed E-state index contributed by atoms with van der Waals surface area (Å²) in [5.41, 5.74) is 0. The van der Waals surface area contributed by atoms with Crippen LogP contribution in [0.25, 0.3) is 0 Å². The van der Waals surface area contributed by atoms with E-state index in [0.717, 1.165) is 13.2 Å². The molecule has 0 aromatic heterocycles. The number of hydrogen-bond acceptors (Lipinski definition) is 3. The number of likely N-dealkylation sites (N-methyl/N-ethyl adjacent to an activating group) is 1. The van der Waals surface area contributed by atoms with E-state index in [0.29, 0.717) is 18.0 Å². The van der Waals surface area contributed by atoms with E-state index in [4.69, 9.17) is 4.74 Å². The van der Waals surface area contributed by atoms with Crippen LogP contribution in [0.5, 0.6) is 0 Å². The molecule has 1 N–H and O–H groups in total. The predicted octanol–water partition coefficient (Wildman–Crippen LogP) is 1.59. The van der Waals surface area contributed by atoms with Gasteiger partial charge in [-0.15, -0.1) is 0 Å². The number of nitrogens with one attached hydrogen (secondary N) is 1. The highest BCUT2D eigenvalue weighted by atomic mass is 16.5. The van der Waals surface area contributed by atoms with E-state index < -0.39 is 0 Å². The van der Waals surface area contributed by atoms with E-state index >= 15 is 0 Å². The Morgan fingerprint density at radius 2 is 1.87 bits per heavy atom. The normalized spacial score (nSPS) is 16.0. The van der Waals surface area contributed by atoms with Crippen molar-refractivity contribution < 1.29 is 4.74 Å². The Labute approximate surface area is 95.2 Å². The summed E-state index contributed by atoms with van der Waals surface area (Å²) in [5.74, 6) is 0.615. The molecule has 15 heavy (non-hydrogen) atoms. The molecular weight excluding hydrogens is 188 g/mol. The van der Waals surface area contributed by atoms with Gasteiger partial charge in [0.15, 0.2) is 0 Å². The van der Waals surface area contributed by atoms with E-state index in [1.807, 2.05) is 0 Å². The van der Waals surface area contributed by atoms with Crippen LogP contribution in [0.15, 0.2) is 0 Å². The Bertz CT molecular complexity index is 149. The maximum absolute atomic E-state index is 5.22. The lowest BCUT2D eigenvalue weighted by atomic mass is 10.0. The van der Waals surface area contributed by atoms with Crippen molar-refractivity contribution in [3.05, 3.63) is 0 Å². The van der Waals surface area contributed by atoms with Gasteiger partial charge in [-0.1, -0.05) is 20.8 Å². The highest BCUT2D eigenvalue weighted by Gasteiger charge is 2.15. The lowest BCUT2D eigenvalue weighted by Crippen LogP contribution is -2.45. The molecule has 0 saturated heterocycles. The second kappa shape index (κ2) is 8.08. The molecule has 92 valence electrons. The first-order valence-electron chi connectivity index (χ1n) is 5.91. The average Bonchev–Trinajstić information content (AvgIpc) is 2.16. The zero-order valence-corrected chi connectivity index (χ0v) is 11.2. The molecule has 0 fully saturated rings. The van der Waals surface area contributed by atoms with E-state index in [-0.39, 0.29) is 0 Å². The minimum absolute atomic E-state index is 0.462. The Morgan fingerprint density at radius 3 is 2.20 bits per heavy atom. The fraction of sp³-hybridized carbons (Fsp3) is 1.00. The molecule has 0 heterocycles. The van der Waals surface area contributed by atoms with Crippen molar-refractivity contribution >= 4 is 0 Å². The average molecular weight is 216 g/mol. The minimum atomic E-state index is 0.462. The van der Waals surface area contributed by atoms with Crippen LogP contribution in [0.1, 0.15) is 27.2 Å². The molecule has 0 aliphatic heterocycles. The Hall–Kier alpha value is -0.120. The van der Waals surface area contributed by atoms with Crippen molar-refractivity contribution in [2.45, 2.75) is 39.3 Å². The molecule has 0 radical (unpaired) electrons. The van der Waals surface area contributed by atoms with Crippen molar-refractivity contribution in [1.82, 2.24) is 10.2 Å². The van der Waals surface area contributed by atoms with Gasteiger partial charge in [-0.05, 0) is 26.4 Å². The summed E-state index contributed by atoms with van der Waals surface area (Å²) in [4.78, 5) is 2.27. The molecule has 2 unspecified atom stereocenters. The first kappa shape index (κ1) is 14.9. The summed E-state index contributed by atoms with van der Waals surface area (Å²) < 4.78 is 5.22. The van der Waals surface area contributed by atoms with Gasteiger partial charge in [0.25, 0.3) is 0 Å². The minimum Gasteiger partial charge on any atom is -0.383 e. The molecule has 0 bridgehead atoms. The van der Waals surface area contributed by atoms with Gasteiger partial charge in [0, 0.05) is 25.7 Å². The van der Waals surface area contributed by atoms with Gasteiger partial charge in [0.1, 0.15) is 0 Å². The molecule has 0 rings (SSSR count). The zero-order chi connectivity index (χ0) is 11.8. The van der Waals surface area contributed by atoms with Crippen LogP contribution in [0, 0.1) is 5.92 Å². The Morgan fingerprint density at radius 1 is 1.27 bits per heavy atom. The van der Waals surface area contributed by atoms with Crippen molar-refractivity contribution in [3.8, 4) is 0 Å². The maximum Gasteiger partial charge on any atom is 0.0618 e. The van der Waals surface area contributed by atoms with E-state index in [2.05, 4.69) is 45.1 Å². The van der Waals surface area contributed by atoms with E-state index in [1.165, 1.54) is 6.42 Å². The molecule has 0 aromatic rings. The van der Waals surface area contributed by atoms with Crippen LogP contribution in [0.4, 0.5) is 0 Å². The van der Waals surface area contributed by atoms with Crippen LogP contribution >= 0.6 is 0 Å². The third kappa shape index (κ3) is 6.13. The van der Waals surface area contributed by atoms with Crippen LogP contribution in [-0.4, -0.2) is 51.3 Å². The van der Waals surface area contributed by atoms with Crippen LogP contribution < -0.4 is 5.32 Å². The Kier molecular flexibility index (Phi) is 8.02. The second-order valence-corrected chi connectivity index (χ2v) is 4.74. The number of methoxy groups -OCH3 is 1. The van der Waals surface area contributed by atoms with Crippen molar-refractivity contribution in [2.75, 3.05) is 34.4 Å². The fourth-order valence-electron chi connectivity index (χ4n) is 1.65. The summed E-state index contributed by atoms with van der Waals surface area (Å²) in [6.07, 6.45) is 1.18. The van der Waals surface area contributed by atoms with Gasteiger partial charge in [0.05, 0.1) is 6.61 Å². The first-order chi connectivity index (χ1) is 7.02. The standard InChI is InChI=1S/C12H28N2O/c1-7-11(14(4)5)8-13-12(9-15-6)10(2)3/h10-13H,7-9H2,1-6H3. The van der Waals surface area contributed by atoms with Crippen molar-refractivity contribution in [3.63, 3.8) is 0 Å². The van der Waals surface area contributed by atoms with E-state index in [1.54, 1.807) is 7.11 Å². The van der Waals surface area contributed by atoms with Gasteiger partial charge in [-0.25, -0.2) is 0 Å². The number of ether oxygens (including phenoxy) is 1. The summed E-state index contributed by atoms with van der Waals surface area (Å²) in [6, 6.07) is 1.08. The molecule has 3 nitrogen and oxygen atoms in total. The molecule has 0 amide bonds. The second-order valence-electron chi connectivity index (χ2n) is 4.74. The first-order valence-corrected chi connectivity index (χ1v) is 5.91. The van der Waals surface area contributed by atoms with Crippen molar-refractivity contribution in [2.24, 2.45) is 5.92 Å². The lowest BCUT2D eigenvalue weighted by molar-refractivity contribution is 0.140. The Balaban J connectivity index is 3.96. The largest absolute Gasteiger partial charge is 0.383 e.